The number of benzene rings is 1. The van der Waals surface area contributed by atoms with E-state index in [1.54, 1.807) is 6.92 Å². The number of nitrogens with zero attached hydrogens (tertiary/aromatic N) is 1. The van der Waals surface area contributed by atoms with Gasteiger partial charge in [0.25, 0.3) is 5.56 Å². The number of esters is 1. The van der Waals surface area contributed by atoms with Gasteiger partial charge in [-0.05, 0) is 37.5 Å². The summed E-state index contributed by atoms with van der Waals surface area (Å²) in [6.45, 7) is 8.50. The van der Waals surface area contributed by atoms with Crippen LogP contribution in [0.4, 0.5) is 4.39 Å². The van der Waals surface area contributed by atoms with Crippen molar-refractivity contribution in [2.24, 2.45) is 5.92 Å². The molecule has 1 aromatic carbocycles. The first-order chi connectivity index (χ1) is 12.4. The van der Waals surface area contributed by atoms with Crippen molar-refractivity contribution >= 4 is 16.7 Å². The molecule has 26 heavy (non-hydrogen) atoms. The summed E-state index contributed by atoms with van der Waals surface area (Å²) in [7, 11) is 0. The summed E-state index contributed by atoms with van der Waals surface area (Å²) in [6.07, 6.45) is 1.69. The van der Waals surface area contributed by atoms with Gasteiger partial charge >= 0.3 is 5.97 Å². The van der Waals surface area contributed by atoms with Gasteiger partial charge in [-0.15, -0.1) is 0 Å². The zero-order valence-corrected chi connectivity index (χ0v) is 15.8. The van der Waals surface area contributed by atoms with Crippen molar-refractivity contribution in [3.8, 4) is 5.75 Å². The molecule has 0 fully saturated rings. The number of pyridine rings is 1. The molecule has 1 aromatic heterocycles. The summed E-state index contributed by atoms with van der Waals surface area (Å²) in [5.74, 6) is -0.787. The molecular weight excluding hydrogens is 337 g/mol. The van der Waals surface area contributed by atoms with Crippen molar-refractivity contribution in [3.05, 3.63) is 40.1 Å². The maximum absolute atomic E-state index is 13.8. The number of carbonyl (C=O) groups is 1. The highest BCUT2D eigenvalue weighted by Gasteiger charge is 2.25. The van der Waals surface area contributed by atoms with Crippen LogP contribution in [0.3, 0.4) is 0 Å². The number of hydrogen-bond acceptors (Lipinski definition) is 4. The molecule has 0 bridgehead atoms. The highest BCUT2D eigenvalue weighted by Crippen LogP contribution is 2.30. The minimum Gasteiger partial charge on any atom is -0.490 e. The van der Waals surface area contributed by atoms with E-state index in [0.29, 0.717) is 23.9 Å². The number of ether oxygens (including phenoxy) is 2. The molecule has 0 aliphatic carbocycles. The van der Waals surface area contributed by atoms with Crippen molar-refractivity contribution in [3.63, 3.8) is 0 Å². The second kappa shape index (κ2) is 8.83. The monoisotopic (exact) mass is 363 g/mol. The normalized spacial score (nSPS) is 11.2. The fourth-order valence-electron chi connectivity index (χ4n) is 2.79. The quantitative estimate of drug-likeness (QED) is 0.522. The molecule has 0 saturated carbocycles. The Labute approximate surface area is 152 Å². The minimum atomic E-state index is -0.636. The van der Waals surface area contributed by atoms with Crippen LogP contribution in [0, 0.1) is 11.7 Å². The van der Waals surface area contributed by atoms with Crippen LogP contribution in [0.2, 0.25) is 0 Å². The van der Waals surface area contributed by atoms with E-state index in [4.69, 9.17) is 9.47 Å². The average molecular weight is 363 g/mol. The number of rotatable bonds is 8. The maximum atomic E-state index is 13.8. The largest absolute Gasteiger partial charge is 0.490 e. The highest BCUT2D eigenvalue weighted by molar-refractivity contribution is 5.99. The zero-order valence-electron chi connectivity index (χ0n) is 15.8. The summed E-state index contributed by atoms with van der Waals surface area (Å²) in [6, 6.07) is 3.91. The fourth-order valence-corrected chi connectivity index (χ4v) is 2.79. The third-order valence-corrected chi connectivity index (χ3v) is 3.95. The first-order valence-corrected chi connectivity index (χ1v) is 9.06. The van der Waals surface area contributed by atoms with Crippen LogP contribution in [0.25, 0.3) is 10.8 Å². The molecule has 142 valence electrons. The van der Waals surface area contributed by atoms with Crippen molar-refractivity contribution in [2.75, 3.05) is 13.2 Å². The standard InChI is InChI=1S/C20H26FNO4/c1-5-7-10-26-18-16-11-14(21)8-9-15(16)19(23)22(12-13(3)4)17(18)20(24)25-6-2/h8-9,11,13H,5-7,10,12H2,1-4H3. The van der Waals surface area contributed by atoms with Crippen LogP contribution in [0.15, 0.2) is 23.0 Å². The van der Waals surface area contributed by atoms with Crippen LogP contribution >= 0.6 is 0 Å². The zero-order chi connectivity index (χ0) is 19.3. The Morgan fingerprint density at radius 2 is 1.96 bits per heavy atom. The van der Waals surface area contributed by atoms with Crippen LogP contribution in [0.1, 0.15) is 51.0 Å². The van der Waals surface area contributed by atoms with Gasteiger partial charge in [0.2, 0.25) is 0 Å². The first-order valence-electron chi connectivity index (χ1n) is 9.06. The van der Waals surface area contributed by atoms with Gasteiger partial charge in [-0.1, -0.05) is 27.2 Å². The van der Waals surface area contributed by atoms with Crippen LogP contribution in [-0.2, 0) is 11.3 Å². The lowest BCUT2D eigenvalue weighted by atomic mass is 10.1. The molecule has 0 aliphatic rings. The third-order valence-electron chi connectivity index (χ3n) is 3.95. The molecule has 0 aliphatic heterocycles. The smallest absolute Gasteiger partial charge is 0.358 e. The second-order valence-electron chi connectivity index (χ2n) is 6.60. The molecule has 2 aromatic rings. The van der Waals surface area contributed by atoms with Crippen LogP contribution in [-0.4, -0.2) is 23.8 Å². The number of fused-ring (bicyclic) bond motifs is 1. The topological polar surface area (TPSA) is 57.5 Å². The number of halogens is 1. The van der Waals surface area contributed by atoms with E-state index in [-0.39, 0.29) is 29.5 Å². The van der Waals surface area contributed by atoms with E-state index < -0.39 is 11.8 Å². The van der Waals surface area contributed by atoms with E-state index in [1.165, 1.54) is 22.8 Å². The molecular formula is C20H26FNO4. The Morgan fingerprint density at radius 3 is 2.58 bits per heavy atom. The Hall–Kier alpha value is -2.37. The Bertz CT molecular complexity index is 842. The lowest BCUT2D eigenvalue weighted by Crippen LogP contribution is -2.30. The van der Waals surface area contributed by atoms with Crippen molar-refractivity contribution < 1.29 is 18.7 Å². The molecule has 0 N–H and O–H groups in total. The van der Waals surface area contributed by atoms with Gasteiger partial charge in [0, 0.05) is 11.9 Å². The molecule has 0 spiro atoms. The first kappa shape index (κ1) is 19.9. The number of carbonyl (C=O) groups excluding carboxylic acids is 1. The van der Waals surface area contributed by atoms with Crippen molar-refractivity contribution in [1.29, 1.82) is 0 Å². The van der Waals surface area contributed by atoms with Gasteiger partial charge < -0.3 is 9.47 Å². The van der Waals surface area contributed by atoms with E-state index in [0.717, 1.165) is 12.8 Å². The lowest BCUT2D eigenvalue weighted by molar-refractivity contribution is 0.0505. The third kappa shape index (κ3) is 4.23. The number of aromatic nitrogens is 1. The van der Waals surface area contributed by atoms with E-state index in [2.05, 4.69) is 0 Å². The maximum Gasteiger partial charge on any atom is 0.358 e. The summed E-state index contributed by atoms with van der Waals surface area (Å²) in [5, 5.41) is 0.626. The van der Waals surface area contributed by atoms with E-state index in [9.17, 15) is 14.0 Å². The van der Waals surface area contributed by atoms with Crippen molar-refractivity contribution in [1.82, 2.24) is 4.57 Å². The van der Waals surface area contributed by atoms with Gasteiger partial charge in [0.15, 0.2) is 11.4 Å². The molecule has 2 rings (SSSR count). The Morgan fingerprint density at radius 1 is 1.23 bits per heavy atom. The highest BCUT2D eigenvalue weighted by atomic mass is 19.1. The van der Waals surface area contributed by atoms with Gasteiger partial charge in [-0.25, -0.2) is 9.18 Å². The molecule has 1 heterocycles. The molecule has 0 amide bonds. The van der Waals surface area contributed by atoms with Gasteiger partial charge in [-0.2, -0.15) is 0 Å². The Kier molecular flexibility index (Phi) is 6.77. The Balaban J connectivity index is 2.82. The average Bonchev–Trinajstić information content (AvgIpc) is 2.58. The summed E-state index contributed by atoms with van der Waals surface area (Å²) >= 11 is 0. The van der Waals surface area contributed by atoms with Crippen molar-refractivity contribution in [2.45, 2.75) is 47.1 Å². The molecule has 6 heteroatoms. The lowest BCUT2D eigenvalue weighted by Gasteiger charge is -2.20. The summed E-state index contributed by atoms with van der Waals surface area (Å²) in [4.78, 5) is 25.6. The second-order valence-corrected chi connectivity index (χ2v) is 6.60. The van der Waals surface area contributed by atoms with Gasteiger partial charge in [-0.3, -0.25) is 9.36 Å². The van der Waals surface area contributed by atoms with Crippen LogP contribution in [0.5, 0.6) is 5.75 Å². The molecule has 0 atom stereocenters. The van der Waals surface area contributed by atoms with E-state index in [1.807, 2.05) is 20.8 Å². The number of unbranched alkanes of at least 4 members (excludes halogenated alkanes) is 1. The SMILES string of the molecule is CCCCOc1c(C(=O)OCC)n(CC(C)C)c(=O)c2ccc(F)cc12. The van der Waals surface area contributed by atoms with Gasteiger partial charge in [0.05, 0.1) is 18.6 Å². The molecule has 0 unspecified atom stereocenters. The fraction of sp³-hybridized carbons (Fsp3) is 0.500. The summed E-state index contributed by atoms with van der Waals surface area (Å²) in [5.41, 5.74) is -0.292. The van der Waals surface area contributed by atoms with Gasteiger partial charge in [0.1, 0.15) is 5.82 Å². The van der Waals surface area contributed by atoms with E-state index >= 15 is 0 Å². The number of hydrogen-bond donors (Lipinski definition) is 0. The molecule has 5 nitrogen and oxygen atoms in total. The molecule has 0 saturated heterocycles. The molecule has 0 radical (unpaired) electrons. The predicted octanol–water partition coefficient (Wildman–Crippen LogP) is 4.15. The predicted molar refractivity (Wildman–Crippen MR) is 99.4 cm³/mol. The minimum absolute atomic E-state index is 0.0553. The summed E-state index contributed by atoms with van der Waals surface area (Å²) < 4.78 is 26.3. The van der Waals surface area contributed by atoms with Crippen LogP contribution < -0.4 is 10.3 Å².